The Bertz CT molecular complexity index is 2360. The summed E-state index contributed by atoms with van der Waals surface area (Å²) < 4.78 is 2.45. The highest BCUT2D eigenvalue weighted by Crippen LogP contribution is 2.51. The summed E-state index contributed by atoms with van der Waals surface area (Å²) in [5, 5.41) is 2.58. The zero-order valence-corrected chi connectivity index (χ0v) is 28.0. The molecule has 3 heteroatoms. The van der Waals surface area contributed by atoms with Crippen molar-refractivity contribution in [2.75, 3.05) is 7.05 Å². The molecule has 2 aliphatic carbocycles. The van der Waals surface area contributed by atoms with E-state index in [9.17, 15) is 0 Å². The lowest BCUT2D eigenvalue weighted by Crippen LogP contribution is -2.29. The summed E-state index contributed by atoms with van der Waals surface area (Å²) in [5.41, 5.74) is 15.1. The predicted molar refractivity (Wildman–Crippen MR) is 201 cm³/mol. The van der Waals surface area contributed by atoms with Gasteiger partial charge in [-0.25, -0.2) is 0 Å². The van der Waals surface area contributed by atoms with Crippen LogP contribution in [0.5, 0.6) is 0 Å². The number of likely N-dealkylation sites (N-methyl/N-ethyl adjacent to an activating group) is 1. The van der Waals surface area contributed by atoms with Crippen molar-refractivity contribution in [3.05, 3.63) is 173 Å². The summed E-state index contributed by atoms with van der Waals surface area (Å²) in [7, 11) is 2.19. The fourth-order valence-corrected chi connectivity index (χ4v) is 8.27. The Hall–Kier alpha value is -5.41. The third kappa shape index (κ3) is 4.37. The Labute approximate surface area is 282 Å². The first-order valence-electron chi connectivity index (χ1n) is 17.1. The predicted octanol–water partition coefficient (Wildman–Crippen LogP) is 10.9. The molecule has 0 bridgehead atoms. The molecule has 6 aromatic rings. The van der Waals surface area contributed by atoms with Gasteiger partial charge in [-0.1, -0.05) is 124 Å². The number of benzene rings is 5. The van der Waals surface area contributed by atoms with Crippen molar-refractivity contribution in [3.63, 3.8) is 0 Å². The molecular formula is C45H39N3. The van der Waals surface area contributed by atoms with Crippen molar-refractivity contribution >= 4 is 27.5 Å². The molecule has 1 aromatic heterocycles. The molecule has 0 fully saturated rings. The second-order valence-corrected chi connectivity index (χ2v) is 14.2. The van der Waals surface area contributed by atoms with Gasteiger partial charge in [-0.3, -0.25) is 4.99 Å². The molecule has 2 heterocycles. The smallest absolute Gasteiger partial charge is 0.147 e. The van der Waals surface area contributed by atoms with E-state index in [-0.39, 0.29) is 11.6 Å². The van der Waals surface area contributed by atoms with Gasteiger partial charge in [-0.2, -0.15) is 0 Å². The Balaban J connectivity index is 1.16. The van der Waals surface area contributed by atoms with Gasteiger partial charge < -0.3 is 9.47 Å². The fraction of sp³-hybridized carbons (Fsp3) is 0.178. The topological polar surface area (TPSA) is 20.5 Å². The Kier molecular flexibility index (Phi) is 6.49. The number of aliphatic imine (C=N–C) groups is 1. The summed E-state index contributed by atoms with van der Waals surface area (Å²) in [6.45, 7) is 7.01. The molecule has 234 valence electrons. The average molecular weight is 622 g/mol. The van der Waals surface area contributed by atoms with Crippen LogP contribution in [0.1, 0.15) is 55.6 Å². The maximum absolute atomic E-state index is 5.35. The average Bonchev–Trinajstić information content (AvgIpc) is 3.56. The van der Waals surface area contributed by atoms with Gasteiger partial charge in [0.2, 0.25) is 0 Å². The van der Waals surface area contributed by atoms with Crippen molar-refractivity contribution in [3.8, 4) is 16.8 Å². The molecule has 48 heavy (non-hydrogen) atoms. The van der Waals surface area contributed by atoms with E-state index >= 15 is 0 Å². The van der Waals surface area contributed by atoms with Crippen LogP contribution in [-0.4, -0.2) is 22.2 Å². The van der Waals surface area contributed by atoms with Crippen molar-refractivity contribution < 1.29 is 0 Å². The van der Waals surface area contributed by atoms with E-state index in [0.29, 0.717) is 5.92 Å². The van der Waals surface area contributed by atoms with Crippen LogP contribution in [0.15, 0.2) is 156 Å². The summed E-state index contributed by atoms with van der Waals surface area (Å²) in [4.78, 5) is 7.70. The SMILES string of the molecule is CC1C=CC=C(C2=CC(c3ccccc3)=NC(c3ccc(-n4c5ccccc5c5cc6c(cc54)C(C)(C)c4ccccc4-6)cc3)N2C)C1. The highest BCUT2D eigenvalue weighted by Gasteiger charge is 2.36. The third-order valence-corrected chi connectivity index (χ3v) is 10.8. The minimum atomic E-state index is -0.128. The molecule has 2 unspecified atom stereocenters. The van der Waals surface area contributed by atoms with Gasteiger partial charge in [0.25, 0.3) is 0 Å². The molecule has 0 saturated carbocycles. The zero-order valence-electron chi connectivity index (χ0n) is 28.0. The van der Waals surface area contributed by atoms with Crippen LogP contribution in [0, 0.1) is 5.92 Å². The second kappa shape index (κ2) is 10.8. The van der Waals surface area contributed by atoms with Crippen LogP contribution in [0.3, 0.4) is 0 Å². The van der Waals surface area contributed by atoms with E-state index in [1.54, 1.807) is 0 Å². The Morgan fingerprint density at radius 3 is 2.29 bits per heavy atom. The van der Waals surface area contributed by atoms with E-state index < -0.39 is 0 Å². The van der Waals surface area contributed by atoms with Crippen molar-refractivity contribution in [2.45, 2.75) is 38.8 Å². The molecule has 9 rings (SSSR count). The van der Waals surface area contributed by atoms with Crippen LogP contribution >= 0.6 is 0 Å². The largest absolute Gasteiger partial charge is 0.349 e. The number of rotatable bonds is 4. The van der Waals surface area contributed by atoms with Gasteiger partial charge in [-0.15, -0.1) is 0 Å². The molecule has 1 aliphatic heterocycles. The van der Waals surface area contributed by atoms with Gasteiger partial charge in [-0.05, 0) is 87.7 Å². The monoisotopic (exact) mass is 621 g/mol. The lowest BCUT2D eigenvalue weighted by molar-refractivity contribution is 0.317. The Morgan fingerprint density at radius 2 is 1.48 bits per heavy atom. The van der Waals surface area contributed by atoms with Crippen LogP contribution in [0.4, 0.5) is 0 Å². The summed E-state index contributed by atoms with van der Waals surface area (Å²) >= 11 is 0. The summed E-state index contributed by atoms with van der Waals surface area (Å²) in [6, 6.07) is 42.3. The van der Waals surface area contributed by atoms with Gasteiger partial charge >= 0.3 is 0 Å². The van der Waals surface area contributed by atoms with Crippen molar-refractivity contribution in [1.82, 2.24) is 9.47 Å². The quantitative estimate of drug-likeness (QED) is 0.192. The molecule has 5 aromatic carbocycles. The van der Waals surface area contributed by atoms with Gasteiger partial charge in [0.1, 0.15) is 6.17 Å². The van der Waals surface area contributed by atoms with E-state index in [0.717, 1.165) is 23.4 Å². The number of allylic oxidation sites excluding steroid dienone is 5. The molecule has 0 N–H and O–H groups in total. The number of nitrogens with zero attached hydrogens (tertiary/aromatic N) is 3. The van der Waals surface area contributed by atoms with E-state index in [1.807, 2.05) is 0 Å². The fourth-order valence-electron chi connectivity index (χ4n) is 8.27. The van der Waals surface area contributed by atoms with Crippen molar-refractivity contribution in [2.24, 2.45) is 10.9 Å². The van der Waals surface area contributed by atoms with Crippen LogP contribution < -0.4 is 0 Å². The molecule has 3 nitrogen and oxygen atoms in total. The third-order valence-electron chi connectivity index (χ3n) is 10.8. The highest BCUT2D eigenvalue weighted by atomic mass is 15.2. The molecule has 0 saturated heterocycles. The number of aromatic nitrogens is 1. The molecule has 0 spiro atoms. The first-order valence-corrected chi connectivity index (χ1v) is 17.1. The van der Waals surface area contributed by atoms with Crippen LogP contribution in [0.25, 0.3) is 38.6 Å². The second-order valence-electron chi connectivity index (χ2n) is 14.2. The minimum absolute atomic E-state index is 0.0577. The summed E-state index contributed by atoms with van der Waals surface area (Å²) in [5.74, 6) is 0.517. The lowest BCUT2D eigenvalue weighted by atomic mass is 9.82. The van der Waals surface area contributed by atoms with Crippen molar-refractivity contribution in [1.29, 1.82) is 0 Å². The maximum Gasteiger partial charge on any atom is 0.147 e. The highest BCUT2D eigenvalue weighted by molar-refractivity contribution is 6.12. The molecule has 3 aliphatic rings. The Morgan fingerprint density at radius 1 is 0.729 bits per heavy atom. The molecular weight excluding hydrogens is 583 g/mol. The standard InChI is InChI=1S/C45H39N3/c1-29-13-12-16-32(25-29)42-28-40(30-14-6-5-7-15-30)46-44(47(42)4)31-21-23-33(24-22-31)48-41-20-11-9-18-35(41)37-26-36-34-17-8-10-19-38(34)45(2,3)39(36)27-43(37)48/h5-24,26-29,44H,25H2,1-4H3. The zero-order chi connectivity index (χ0) is 32.6. The molecule has 0 amide bonds. The number of para-hydroxylation sites is 1. The first kappa shape index (κ1) is 28.8. The van der Waals surface area contributed by atoms with Gasteiger partial charge in [0, 0.05) is 34.6 Å². The molecule has 0 radical (unpaired) electrons. The van der Waals surface area contributed by atoms with E-state index in [2.05, 4.69) is 177 Å². The lowest BCUT2D eigenvalue weighted by Gasteiger charge is -2.35. The van der Waals surface area contributed by atoms with Gasteiger partial charge in [0.05, 0.1) is 16.7 Å². The minimum Gasteiger partial charge on any atom is -0.349 e. The first-order chi connectivity index (χ1) is 23.4. The van der Waals surface area contributed by atoms with E-state index in [1.165, 1.54) is 60.9 Å². The maximum atomic E-state index is 5.35. The number of hydrogen-bond donors (Lipinski definition) is 0. The van der Waals surface area contributed by atoms with Crippen LogP contribution in [-0.2, 0) is 5.41 Å². The number of fused-ring (bicyclic) bond motifs is 6. The van der Waals surface area contributed by atoms with Crippen LogP contribution in [0.2, 0.25) is 0 Å². The normalized spacial score (nSPS) is 19.6. The van der Waals surface area contributed by atoms with Gasteiger partial charge in [0.15, 0.2) is 0 Å². The number of hydrogen-bond acceptors (Lipinski definition) is 2. The van der Waals surface area contributed by atoms with E-state index in [4.69, 9.17) is 4.99 Å². The summed E-state index contributed by atoms with van der Waals surface area (Å²) in [6.07, 6.45) is 9.94. The molecule has 2 atom stereocenters.